The summed E-state index contributed by atoms with van der Waals surface area (Å²) < 4.78 is 8.69. The van der Waals surface area contributed by atoms with Crippen LogP contribution in [-0.4, -0.2) is 12.0 Å². The van der Waals surface area contributed by atoms with Gasteiger partial charge in [-0.25, -0.2) is 4.61 Å². The summed E-state index contributed by atoms with van der Waals surface area (Å²) in [4.78, 5) is 0. The van der Waals surface area contributed by atoms with Crippen molar-refractivity contribution in [2.45, 2.75) is 6.92 Å². The Morgan fingerprint density at radius 2 is 2.33 bits per heavy atom. The standard InChI is InChI=1S/C3H9NS2/c1-3-6(4)5-2/h6H,3H2,1-2H3. The second-order valence-corrected chi connectivity index (χ2v) is 4.91. The molecule has 0 aromatic rings. The van der Waals surface area contributed by atoms with Crippen LogP contribution in [0.4, 0.5) is 0 Å². The number of hydrogen-bond acceptors (Lipinski definition) is 2. The van der Waals surface area contributed by atoms with Crippen molar-refractivity contribution in [3.63, 3.8) is 0 Å². The van der Waals surface area contributed by atoms with Gasteiger partial charge in [-0.05, 0) is 15.8 Å². The first kappa shape index (κ1) is 6.41. The minimum absolute atomic E-state index is 0.659. The van der Waals surface area contributed by atoms with Crippen LogP contribution in [0.15, 0.2) is 0 Å². The molecule has 0 saturated carbocycles. The molecule has 0 amide bonds. The maximum Gasteiger partial charge on any atom is 0.0115 e. The Kier molecular flexibility index (Phi) is 3.84. The van der Waals surface area contributed by atoms with Crippen molar-refractivity contribution in [3.05, 3.63) is 0 Å². The van der Waals surface area contributed by atoms with E-state index in [1.807, 2.05) is 13.2 Å². The Labute approximate surface area is 44.5 Å². The van der Waals surface area contributed by atoms with E-state index in [0.29, 0.717) is 0 Å². The Morgan fingerprint density at radius 1 is 1.83 bits per heavy atom. The molecule has 0 radical (unpaired) electrons. The van der Waals surface area contributed by atoms with Crippen LogP contribution in [0.5, 0.6) is 0 Å². The highest BCUT2D eigenvalue weighted by Gasteiger charge is 1.76. The van der Waals surface area contributed by atoms with Gasteiger partial charge >= 0.3 is 0 Å². The van der Waals surface area contributed by atoms with Crippen molar-refractivity contribution >= 4 is 20.3 Å². The van der Waals surface area contributed by atoms with Crippen molar-refractivity contribution in [2.24, 2.45) is 0 Å². The van der Waals surface area contributed by atoms with E-state index >= 15 is 0 Å². The maximum absolute atomic E-state index is 8.69. The highest BCUT2D eigenvalue weighted by Crippen LogP contribution is 2.20. The van der Waals surface area contributed by atoms with Crippen LogP contribution in [0.1, 0.15) is 6.92 Å². The summed E-state index contributed by atoms with van der Waals surface area (Å²) >= 11 is 0. The summed E-state index contributed by atoms with van der Waals surface area (Å²) in [7, 11) is 0.886. The van der Waals surface area contributed by atoms with Crippen LogP contribution in [0.25, 0.3) is 0 Å². The highest BCUT2D eigenvalue weighted by atomic mass is 33.1. The average molecular weight is 123 g/mol. The van der Waals surface area contributed by atoms with Gasteiger partial charge in [-0.15, -0.1) is 0 Å². The van der Waals surface area contributed by atoms with E-state index < -0.39 is 9.56 Å². The Bertz CT molecular complexity index is 72.5. The summed E-state index contributed by atoms with van der Waals surface area (Å²) in [5, 5.41) is 0. The van der Waals surface area contributed by atoms with E-state index in [-0.39, 0.29) is 0 Å². The number of hydrogen-bond donors (Lipinski definition) is 1. The topological polar surface area (TPSA) is 23.8 Å². The lowest BCUT2D eigenvalue weighted by Crippen LogP contribution is -1.55. The van der Waals surface area contributed by atoms with Crippen molar-refractivity contribution in [2.75, 3.05) is 12.0 Å². The lowest BCUT2D eigenvalue weighted by molar-refractivity contribution is 1.51. The zero-order valence-electron chi connectivity index (χ0n) is 4.01. The van der Waals surface area contributed by atoms with E-state index in [1.54, 1.807) is 10.8 Å². The van der Waals surface area contributed by atoms with Gasteiger partial charge in [-0.1, -0.05) is 17.7 Å². The predicted octanol–water partition coefficient (Wildman–Crippen LogP) is 1.76. The SMILES string of the molecule is CC[SH](#N)SC. The van der Waals surface area contributed by atoms with Gasteiger partial charge in [0.1, 0.15) is 0 Å². The molecule has 0 bridgehead atoms. The first-order chi connectivity index (χ1) is 2.81. The second-order valence-electron chi connectivity index (χ2n) is 0.851. The Morgan fingerprint density at radius 3 is 2.33 bits per heavy atom. The first-order valence-corrected chi connectivity index (χ1v) is 5.12. The summed E-state index contributed by atoms with van der Waals surface area (Å²) in [6, 6.07) is 0. The lowest BCUT2D eigenvalue weighted by Gasteiger charge is -1.84. The molecule has 0 aromatic carbocycles. The molecule has 0 saturated heterocycles. The third-order valence-electron chi connectivity index (χ3n) is 0.481. The minimum atomic E-state index is -0.659. The van der Waals surface area contributed by atoms with Crippen molar-refractivity contribution in [1.29, 1.82) is 4.61 Å². The smallest absolute Gasteiger partial charge is 0.0115 e. The summed E-state index contributed by atoms with van der Waals surface area (Å²) in [5.74, 6) is 0.913. The largest absolute Gasteiger partial charge is 0.223 e. The van der Waals surface area contributed by atoms with Gasteiger partial charge < -0.3 is 0 Å². The summed E-state index contributed by atoms with van der Waals surface area (Å²) in [6.07, 6.45) is 1.93. The monoisotopic (exact) mass is 123 g/mol. The van der Waals surface area contributed by atoms with E-state index in [9.17, 15) is 0 Å². The van der Waals surface area contributed by atoms with Crippen molar-refractivity contribution < 1.29 is 0 Å². The fourth-order valence-corrected chi connectivity index (χ4v) is 1.16. The van der Waals surface area contributed by atoms with E-state index in [4.69, 9.17) is 4.61 Å². The Balaban J connectivity index is 3.08. The third kappa shape index (κ3) is 2.64. The predicted molar refractivity (Wildman–Crippen MR) is 34.8 cm³/mol. The zero-order chi connectivity index (χ0) is 4.99. The molecule has 6 heavy (non-hydrogen) atoms. The fraction of sp³-hybridized carbons (Fsp3) is 1.00. The van der Waals surface area contributed by atoms with Gasteiger partial charge in [-0.3, -0.25) is 0 Å². The molecule has 1 nitrogen and oxygen atoms in total. The molecular formula is C3H9NS2. The van der Waals surface area contributed by atoms with Crippen LogP contribution >= 0.6 is 20.3 Å². The fourth-order valence-electron chi connectivity index (χ4n) is 0.129. The summed E-state index contributed by atoms with van der Waals surface area (Å²) in [5.41, 5.74) is 0. The molecular weight excluding hydrogens is 114 g/mol. The van der Waals surface area contributed by atoms with Gasteiger partial charge in [0.2, 0.25) is 0 Å². The maximum atomic E-state index is 8.69. The van der Waals surface area contributed by atoms with Crippen LogP contribution in [-0.2, 0) is 0 Å². The van der Waals surface area contributed by atoms with E-state index in [1.165, 1.54) is 0 Å². The number of nitrogens with zero attached hydrogens (tertiary/aromatic N) is 1. The van der Waals surface area contributed by atoms with Crippen LogP contribution < -0.4 is 0 Å². The van der Waals surface area contributed by atoms with Crippen LogP contribution in [0.2, 0.25) is 0 Å². The molecule has 0 rings (SSSR count). The van der Waals surface area contributed by atoms with Gasteiger partial charge in [0.25, 0.3) is 0 Å². The van der Waals surface area contributed by atoms with Crippen molar-refractivity contribution in [1.82, 2.24) is 0 Å². The first-order valence-electron chi connectivity index (χ1n) is 1.81. The van der Waals surface area contributed by atoms with Crippen molar-refractivity contribution in [3.8, 4) is 0 Å². The number of rotatable bonds is 0. The summed E-state index contributed by atoms with van der Waals surface area (Å²) in [6.45, 7) is 1.99. The molecule has 1 atom stereocenters. The van der Waals surface area contributed by atoms with Gasteiger partial charge in [0.05, 0.1) is 0 Å². The van der Waals surface area contributed by atoms with E-state index in [0.717, 1.165) is 5.75 Å². The van der Waals surface area contributed by atoms with Crippen LogP contribution in [0, 0.1) is 4.61 Å². The quantitative estimate of drug-likeness (QED) is 0.392. The van der Waals surface area contributed by atoms with Crippen LogP contribution in [0.3, 0.4) is 0 Å². The average Bonchev–Trinajstić information content (AvgIpc) is 1.65. The molecule has 38 valence electrons. The molecule has 0 aliphatic heterocycles. The van der Waals surface area contributed by atoms with E-state index in [2.05, 4.69) is 0 Å². The molecule has 0 aliphatic carbocycles. The molecule has 1 unspecified atom stereocenters. The molecule has 0 fully saturated rings. The zero-order valence-corrected chi connectivity index (χ0v) is 5.72. The molecule has 0 aliphatic rings. The van der Waals surface area contributed by atoms with Gasteiger partial charge in [-0.2, -0.15) is 0 Å². The minimum Gasteiger partial charge on any atom is -0.223 e. The lowest BCUT2D eigenvalue weighted by atomic mass is 11.0. The Hall–Kier alpha value is 0.410. The van der Waals surface area contributed by atoms with Gasteiger partial charge in [0, 0.05) is 5.75 Å². The highest BCUT2D eigenvalue weighted by molar-refractivity contribution is 8.78. The second kappa shape index (κ2) is 3.59. The molecule has 0 spiro atoms. The molecule has 0 heterocycles. The third-order valence-corrected chi connectivity index (χ3v) is 3.48. The normalized spacial score (nSPS) is 14.2. The molecule has 0 N–H and O–H groups in total. The number of thiol groups is 1. The van der Waals surface area contributed by atoms with Gasteiger partial charge in [0.15, 0.2) is 0 Å². The molecule has 3 heteroatoms. The molecule has 0 aromatic heterocycles.